The molecule has 4 nitrogen and oxygen atoms in total. The zero-order chi connectivity index (χ0) is 17.2. The van der Waals surface area contributed by atoms with Gasteiger partial charge in [-0.3, -0.25) is 14.5 Å². The second-order valence-corrected chi connectivity index (χ2v) is 5.82. The fourth-order valence-electron chi connectivity index (χ4n) is 3.04. The summed E-state index contributed by atoms with van der Waals surface area (Å²) < 4.78 is 0. The zero-order valence-electron chi connectivity index (χ0n) is 13.5. The number of anilines is 2. The molecule has 2 amide bonds. The Morgan fingerprint density at radius 2 is 1.00 bits per heavy atom. The molecule has 1 aliphatic rings. The second kappa shape index (κ2) is 6.24. The van der Waals surface area contributed by atoms with Crippen LogP contribution in [-0.4, -0.2) is 23.4 Å². The summed E-state index contributed by atoms with van der Waals surface area (Å²) >= 11 is 0. The monoisotopic (exact) mass is 328 g/mol. The quantitative estimate of drug-likeness (QED) is 0.678. The molecule has 0 spiro atoms. The number of carbonyl (C=O) groups excluding carboxylic acids is 2. The number of nitrogens with zero attached hydrogens (tertiary/aromatic N) is 2. The number of amides is 2. The van der Waals surface area contributed by atoms with Crippen LogP contribution in [-0.2, 0) is 0 Å². The average Bonchev–Trinajstić information content (AvgIpc) is 2.92. The van der Waals surface area contributed by atoms with Crippen molar-refractivity contribution in [1.29, 1.82) is 0 Å². The molecule has 25 heavy (non-hydrogen) atoms. The molecule has 4 rings (SSSR count). The van der Waals surface area contributed by atoms with E-state index in [-0.39, 0.29) is 18.5 Å². The van der Waals surface area contributed by atoms with Crippen molar-refractivity contribution >= 4 is 23.2 Å². The normalized spacial score (nSPS) is 13.0. The van der Waals surface area contributed by atoms with Crippen LogP contribution in [0, 0.1) is 0 Å². The van der Waals surface area contributed by atoms with E-state index in [0.29, 0.717) is 11.1 Å². The largest absolute Gasteiger partial charge is 0.323 e. The SMILES string of the molecule is O=C1c2ccccc2C(=O)N1CN(c1ccccc1)c1ccccc1. The number of rotatable bonds is 4. The van der Waals surface area contributed by atoms with Crippen LogP contribution in [0.5, 0.6) is 0 Å². The minimum absolute atomic E-state index is 0.167. The molecule has 3 aromatic carbocycles. The molecule has 4 heteroatoms. The first-order chi connectivity index (χ1) is 12.3. The van der Waals surface area contributed by atoms with Crippen molar-refractivity contribution in [1.82, 2.24) is 4.90 Å². The van der Waals surface area contributed by atoms with Gasteiger partial charge in [-0.15, -0.1) is 0 Å². The van der Waals surface area contributed by atoms with Gasteiger partial charge in [0.2, 0.25) is 0 Å². The van der Waals surface area contributed by atoms with Gasteiger partial charge in [0.15, 0.2) is 0 Å². The Labute approximate surface area is 145 Å². The fourth-order valence-corrected chi connectivity index (χ4v) is 3.04. The highest BCUT2D eigenvalue weighted by atomic mass is 16.2. The predicted octanol–water partition coefficient (Wildman–Crippen LogP) is 4.08. The summed E-state index contributed by atoms with van der Waals surface area (Å²) in [6.45, 7) is 0.167. The maximum Gasteiger partial charge on any atom is 0.263 e. The van der Waals surface area contributed by atoms with Crippen LogP contribution in [0.1, 0.15) is 20.7 Å². The Hall–Kier alpha value is -3.40. The molecule has 0 saturated carbocycles. The van der Waals surface area contributed by atoms with Crippen molar-refractivity contribution < 1.29 is 9.59 Å². The van der Waals surface area contributed by atoms with Crippen molar-refractivity contribution in [3.8, 4) is 0 Å². The Morgan fingerprint density at radius 3 is 1.44 bits per heavy atom. The number of imide groups is 1. The summed E-state index contributed by atoms with van der Waals surface area (Å²) in [5, 5.41) is 0. The molecular formula is C21H16N2O2. The van der Waals surface area contributed by atoms with E-state index in [4.69, 9.17) is 0 Å². The molecule has 122 valence electrons. The van der Waals surface area contributed by atoms with Gasteiger partial charge >= 0.3 is 0 Å². The maximum atomic E-state index is 12.7. The highest BCUT2D eigenvalue weighted by Crippen LogP contribution is 2.28. The van der Waals surface area contributed by atoms with Gasteiger partial charge in [0.25, 0.3) is 11.8 Å². The fraction of sp³-hybridized carbons (Fsp3) is 0.0476. The first-order valence-corrected chi connectivity index (χ1v) is 8.08. The molecule has 1 aliphatic heterocycles. The van der Waals surface area contributed by atoms with Crippen LogP contribution in [0.25, 0.3) is 0 Å². The van der Waals surface area contributed by atoms with Crippen LogP contribution in [0.2, 0.25) is 0 Å². The second-order valence-electron chi connectivity index (χ2n) is 5.82. The summed E-state index contributed by atoms with van der Waals surface area (Å²) in [4.78, 5) is 28.6. The van der Waals surface area contributed by atoms with E-state index < -0.39 is 0 Å². The van der Waals surface area contributed by atoms with Crippen molar-refractivity contribution in [2.45, 2.75) is 0 Å². The molecule has 0 aliphatic carbocycles. The van der Waals surface area contributed by atoms with E-state index in [2.05, 4.69) is 0 Å². The molecular weight excluding hydrogens is 312 g/mol. The molecule has 3 aromatic rings. The van der Waals surface area contributed by atoms with Gasteiger partial charge in [-0.05, 0) is 36.4 Å². The molecule has 0 atom stereocenters. The minimum Gasteiger partial charge on any atom is -0.323 e. The molecule has 1 heterocycles. The van der Waals surface area contributed by atoms with Gasteiger partial charge in [-0.25, -0.2) is 0 Å². The van der Waals surface area contributed by atoms with E-state index in [1.807, 2.05) is 65.6 Å². The van der Waals surface area contributed by atoms with E-state index in [0.717, 1.165) is 11.4 Å². The van der Waals surface area contributed by atoms with Crippen molar-refractivity contribution in [3.63, 3.8) is 0 Å². The highest BCUT2D eigenvalue weighted by molar-refractivity contribution is 6.21. The van der Waals surface area contributed by atoms with Gasteiger partial charge in [0, 0.05) is 11.4 Å². The van der Waals surface area contributed by atoms with Crippen molar-refractivity contribution in [2.24, 2.45) is 0 Å². The molecule has 0 unspecified atom stereocenters. The van der Waals surface area contributed by atoms with Gasteiger partial charge in [0.05, 0.1) is 11.1 Å². The van der Waals surface area contributed by atoms with Gasteiger partial charge < -0.3 is 4.90 Å². The van der Waals surface area contributed by atoms with E-state index in [1.54, 1.807) is 24.3 Å². The molecule has 0 N–H and O–H groups in total. The lowest BCUT2D eigenvalue weighted by molar-refractivity contribution is 0.0658. The van der Waals surface area contributed by atoms with E-state index >= 15 is 0 Å². The number of carbonyl (C=O) groups is 2. The van der Waals surface area contributed by atoms with E-state index in [9.17, 15) is 9.59 Å². The van der Waals surface area contributed by atoms with Gasteiger partial charge in [-0.1, -0.05) is 48.5 Å². The number of hydrogen-bond donors (Lipinski definition) is 0. The Kier molecular flexibility index (Phi) is 3.78. The lowest BCUT2D eigenvalue weighted by atomic mass is 10.1. The topological polar surface area (TPSA) is 40.6 Å². The molecule has 0 aromatic heterocycles. The molecule has 0 bridgehead atoms. The summed E-state index contributed by atoms with van der Waals surface area (Å²) in [6.07, 6.45) is 0. The summed E-state index contributed by atoms with van der Waals surface area (Å²) in [5.41, 5.74) is 2.78. The number of hydrogen-bond acceptors (Lipinski definition) is 3. The summed E-state index contributed by atoms with van der Waals surface area (Å²) in [5.74, 6) is -0.505. The molecule has 0 radical (unpaired) electrons. The predicted molar refractivity (Wildman–Crippen MR) is 96.8 cm³/mol. The van der Waals surface area contributed by atoms with Crippen LogP contribution in [0.15, 0.2) is 84.9 Å². The number of benzene rings is 3. The standard InChI is InChI=1S/C21H16N2O2/c24-20-18-13-7-8-14-19(18)21(25)23(20)15-22(16-9-3-1-4-10-16)17-11-5-2-6-12-17/h1-14H,15H2. The summed E-state index contributed by atoms with van der Waals surface area (Å²) in [6, 6.07) is 26.4. The van der Waals surface area contributed by atoms with Gasteiger partial charge in [0.1, 0.15) is 6.67 Å². The summed E-state index contributed by atoms with van der Waals surface area (Å²) in [7, 11) is 0. The lowest BCUT2D eigenvalue weighted by Gasteiger charge is -2.28. The van der Waals surface area contributed by atoms with E-state index in [1.165, 1.54) is 4.90 Å². The lowest BCUT2D eigenvalue weighted by Crippen LogP contribution is -2.39. The third-order valence-corrected chi connectivity index (χ3v) is 4.30. The Bertz CT molecular complexity index is 848. The van der Waals surface area contributed by atoms with Crippen LogP contribution < -0.4 is 4.90 Å². The minimum atomic E-state index is -0.252. The Balaban J connectivity index is 1.71. The average molecular weight is 328 g/mol. The number of para-hydroxylation sites is 2. The van der Waals surface area contributed by atoms with Crippen LogP contribution in [0.3, 0.4) is 0 Å². The van der Waals surface area contributed by atoms with Gasteiger partial charge in [-0.2, -0.15) is 0 Å². The number of fused-ring (bicyclic) bond motifs is 1. The zero-order valence-corrected chi connectivity index (χ0v) is 13.5. The van der Waals surface area contributed by atoms with Crippen molar-refractivity contribution in [2.75, 3.05) is 11.6 Å². The maximum absolute atomic E-state index is 12.7. The third-order valence-electron chi connectivity index (χ3n) is 4.30. The molecule has 0 saturated heterocycles. The Morgan fingerprint density at radius 1 is 0.600 bits per heavy atom. The van der Waals surface area contributed by atoms with Crippen LogP contribution >= 0.6 is 0 Å². The third kappa shape index (κ3) is 2.68. The first kappa shape index (κ1) is 15.1. The molecule has 0 fully saturated rings. The van der Waals surface area contributed by atoms with Crippen LogP contribution in [0.4, 0.5) is 11.4 Å². The first-order valence-electron chi connectivity index (χ1n) is 8.08. The smallest absolute Gasteiger partial charge is 0.263 e. The van der Waals surface area contributed by atoms with Crippen molar-refractivity contribution in [3.05, 3.63) is 96.1 Å². The highest BCUT2D eigenvalue weighted by Gasteiger charge is 2.36.